The summed E-state index contributed by atoms with van der Waals surface area (Å²) in [6, 6.07) is 0. The number of hydrogen-bond donors (Lipinski definition) is 1. The standard InChI is InChI=1S/C10H23N3O/c1-12(2)5-6-13(3)9-10-8-11-4-7-14-10/h10-11H,4-9H2,1-3H3. The highest BCUT2D eigenvalue weighted by atomic mass is 16.5. The zero-order chi connectivity index (χ0) is 10.4. The average molecular weight is 201 g/mol. The molecule has 0 radical (unpaired) electrons. The molecule has 0 saturated carbocycles. The molecule has 1 N–H and O–H groups in total. The Balaban J connectivity index is 2.09. The Labute approximate surface area is 87.2 Å². The van der Waals surface area contributed by atoms with Crippen LogP contribution in [0.3, 0.4) is 0 Å². The van der Waals surface area contributed by atoms with Crippen LogP contribution in [0.2, 0.25) is 0 Å². The molecule has 0 aromatic carbocycles. The number of ether oxygens (including phenoxy) is 1. The van der Waals surface area contributed by atoms with E-state index in [0.29, 0.717) is 6.10 Å². The van der Waals surface area contributed by atoms with Crippen molar-refractivity contribution in [3.05, 3.63) is 0 Å². The van der Waals surface area contributed by atoms with Gasteiger partial charge in [-0.3, -0.25) is 0 Å². The van der Waals surface area contributed by atoms with Crippen LogP contribution in [0.5, 0.6) is 0 Å². The molecule has 0 bridgehead atoms. The normalized spacial score (nSPS) is 23.4. The van der Waals surface area contributed by atoms with Crippen LogP contribution < -0.4 is 5.32 Å². The van der Waals surface area contributed by atoms with E-state index in [1.165, 1.54) is 0 Å². The molecule has 84 valence electrons. The Morgan fingerprint density at radius 2 is 2.07 bits per heavy atom. The summed E-state index contributed by atoms with van der Waals surface area (Å²) in [5.74, 6) is 0. The number of nitrogens with one attached hydrogen (secondary N) is 1. The number of nitrogens with zero attached hydrogens (tertiary/aromatic N) is 2. The van der Waals surface area contributed by atoms with Gasteiger partial charge in [0.05, 0.1) is 12.7 Å². The second-order valence-electron chi connectivity index (χ2n) is 4.26. The molecule has 1 rings (SSSR count). The van der Waals surface area contributed by atoms with Gasteiger partial charge >= 0.3 is 0 Å². The molecule has 0 aliphatic carbocycles. The van der Waals surface area contributed by atoms with Gasteiger partial charge < -0.3 is 19.9 Å². The van der Waals surface area contributed by atoms with Crippen molar-refractivity contribution in [2.24, 2.45) is 0 Å². The highest BCUT2D eigenvalue weighted by Gasteiger charge is 2.14. The van der Waals surface area contributed by atoms with E-state index in [2.05, 4.69) is 36.3 Å². The van der Waals surface area contributed by atoms with Gasteiger partial charge in [-0.2, -0.15) is 0 Å². The fourth-order valence-corrected chi connectivity index (χ4v) is 1.55. The molecule has 1 aliphatic heterocycles. The quantitative estimate of drug-likeness (QED) is 0.647. The van der Waals surface area contributed by atoms with Crippen LogP contribution in [0, 0.1) is 0 Å². The largest absolute Gasteiger partial charge is 0.374 e. The van der Waals surface area contributed by atoms with E-state index >= 15 is 0 Å². The van der Waals surface area contributed by atoms with Gasteiger partial charge in [-0.05, 0) is 21.1 Å². The summed E-state index contributed by atoms with van der Waals surface area (Å²) >= 11 is 0. The summed E-state index contributed by atoms with van der Waals surface area (Å²) in [5, 5.41) is 3.34. The molecule has 4 nitrogen and oxygen atoms in total. The summed E-state index contributed by atoms with van der Waals surface area (Å²) in [4.78, 5) is 4.54. The lowest BCUT2D eigenvalue weighted by atomic mass is 10.3. The first-order valence-electron chi connectivity index (χ1n) is 5.34. The molecule has 1 fully saturated rings. The summed E-state index contributed by atoms with van der Waals surface area (Å²) < 4.78 is 5.64. The summed E-state index contributed by atoms with van der Waals surface area (Å²) in [7, 11) is 6.36. The van der Waals surface area contributed by atoms with E-state index in [-0.39, 0.29) is 0 Å². The Hall–Kier alpha value is -0.160. The van der Waals surface area contributed by atoms with Crippen LogP contribution >= 0.6 is 0 Å². The molecule has 1 aliphatic rings. The van der Waals surface area contributed by atoms with Gasteiger partial charge in [-0.15, -0.1) is 0 Å². The minimum absolute atomic E-state index is 0.371. The Bertz CT molecular complexity index is 146. The zero-order valence-corrected chi connectivity index (χ0v) is 9.62. The Morgan fingerprint density at radius 1 is 1.29 bits per heavy atom. The van der Waals surface area contributed by atoms with Crippen LogP contribution in [0.1, 0.15) is 0 Å². The molecule has 0 amide bonds. The average Bonchev–Trinajstić information content (AvgIpc) is 2.16. The Morgan fingerprint density at radius 3 is 2.64 bits per heavy atom. The lowest BCUT2D eigenvalue weighted by molar-refractivity contribution is 0.00939. The van der Waals surface area contributed by atoms with Crippen molar-refractivity contribution in [2.45, 2.75) is 6.10 Å². The third kappa shape index (κ3) is 4.91. The van der Waals surface area contributed by atoms with Gasteiger partial charge in [0.25, 0.3) is 0 Å². The third-order valence-electron chi connectivity index (χ3n) is 2.45. The maximum Gasteiger partial charge on any atom is 0.0826 e. The van der Waals surface area contributed by atoms with Gasteiger partial charge in [0, 0.05) is 32.7 Å². The van der Waals surface area contributed by atoms with Crippen molar-refractivity contribution >= 4 is 0 Å². The minimum Gasteiger partial charge on any atom is -0.374 e. The lowest BCUT2D eigenvalue weighted by Gasteiger charge is -2.28. The molecule has 0 aromatic heterocycles. The first kappa shape index (κ1) is 11.9. The summed E-state index contributed by atoms with van der Waals surface area (Å²) in [5.41, 5.74) is 0. The van der Waals surface area contributed by atoms with E-state index in [4.69, 9.17) is 4.74 Å². The van der Waals surface area contributed by atoms with E-state index in [1.807, 2.05) is 0 Å². The molecule has 1 unspecified atom stereocenters. The smallest absolute Gasteiger partial charge is 0.0826 e. The second-order valence-corrected chi connectivity index (χ2v) is 4.26. The summed E-state index contributed by atoms with van der Waals surface area (Å²) in [6.07, 6.45) is 0.371. The van der Waals surface area contributed by atoms with Crippen molar-refractivity contribution in [3.8, 4) is 0 Å². The first-order chi connectivity index (χ1) is 6.68. The molecular formula is C10H23N3O. The highest BCUT2D eigenvalue weighted by Crippen LogP contribution is 1.98. The summed E-state index contributed by atoms with van der Waals surface area (Å²) in [6.45, 7) is 6.08. The molecule has 0 spiro atoms. The Kier molecular flexibility index (Phi) is 5.40. The number of likely N-dealkylation sites (N-methyl/N-ethyl adjacent to an activating group) is 2. The predicted octanol–water partition coefficient (Wildman–Crippen LogP) is -0.532. The second kappa shape index (κ2) is 6.35. The van der Waals surface area contributed by atoms with Crippen LogP contribution in [0.25, 0.3) is 0 Å². The molecule has 0 aromatic rings. The molecule has 14 heavy (non-hydrogen) atoms. The fraction of sp³-hybridized carbons (Fsp3) is 1.00. The van der Waals surface area contributed by atoms with Gasteiger partial charge in [0.1, 0.15) is 0 Å². The van der Waals surface area contributed by atoms with Gasteiger partial charge in [-0.1, -0.05) is 0 Å². The van der Waals surface area contributed by atoms with Crippen molar-refractivity contribution in [1.82, 2.24) is 15.1 Å². The first-order valence-corrected chi connectivity index (χ1v) is 5.34. The molecule has 4 heteroatoms. The van der Waals surface area contributed by atoms with E-state index in [0.717, 1.165) is 39.3 Å². The van der Waals surface area contributed by atoms with E-state index in [9.17, 15) is 0 Å². The van der Waals surface area contributed by atoms with Gasteiger partial charge in [0.2, 0.25) is 0 Å². The number of hydrogen-bond acceptors (Lipinski definition) is 4. The van der Waals surface area contributed by atoms with Crippen molar-refractivity contribution in [1.29, 1.82) is 0 Å². The highest BCUT2D eigenvalue weighted by molar-refractivity contribution is 4.70. The lowest BCUT2D eigenvalue weighted by Crippen LogP contribution is -2.45. The minimum atomic E-state index is 0.371. The van der Waals surface area contributed by atoms with Gasteiger partial charge in [0.15, 0.2) is 0 Å². The van der Waals surface area contributed by atoms with Crippen molar-refractivity contribution in [3.63, 3.8) is 0 Å². The monoisotopic (exact) mass is 201 g/mol. The maximum absolute atomic E-state index is 5.64. The van der Waals surface area contributed by atoms with E-state index in [1.54, 1.807) is 0 Å². The predicted molar refractivity (Wildman–Crippen MR) is 58.7 cm³/mol. The number of morpholine rings is 1. The van der Waals surface area contributed by atoms with Crippen LogP contribution in [-0.2, 0) is 4.74 Å². The van der Waals surface area contributed by atoms with Crippen LogP contribution in [0.15, 0.2) is 0 Å². The SMILES string of the molecule is CN(C)CCN(C)CC1CNCCO1. The van der Waals surface area contributed by atoms with Crippen molar-refractivity contribution in [2.75, 3.05) is 60.5 Å². The fourth-order valence-electron chi connectivity index (χ4n) is 1.55. The molecule has 1 saturated heterocycles. The molecular weight excluding hydrogens is 178 g/mol. The van der Waals surface area contributed by atoms with E-state index < -0.39 is 0 Å². The zero-order valence-electron chi connectivity index (χ0n) is 9.62. The van der Waals surface area contributed by atoms with Crippen LogP contribution in [0.4, 0.5) is 0 Å². The van der Waals surface area contributed by atoms with Gasteiger partial charge in [-0.25, -0.2) is 0 Å². The topological polar surface area (TPSA) is 27.7 Å². The third-order valence-corrected chi connectivity index (χ3v) is 2.45. The van der Waals surface area contributed by atoms with Crippen LogP contribution in [-0.4, -0.2) is 76.4 Å². The molecule has 1 heterocycles. The van der Waals surface area contributed by atoms with Crippen molar-refractivity contribution < 1.29 is 4.74 Å². The number of rotatable bonds is 5. The molecule has 1 atom stereocenters. The maximum atomic E-state index is 5.64.